The molecule has 0 aliphatic carbocycles. The van der Waals surface area contributed by atoms with Crippen LogP contribution in [0.1, 0.15) is 44.4 Å². The van der Waals surface area contributed by atoms with Crippen molar-refractivity contribution in [1.29, 1.82) is 0 Å². The second-order valence-corrected chi connectivity index (χ2v) is 6.61. The summed E-state index contributed by atoms with van der Waals surface area (Å²) in [6.07, 6.45) is 1.66. The molecule has 1 N–H and O–H groups in total. The summed E-state index contributed by atoms with van der Waals surface area (Å²) in [7, 11) is 1.94. The Morgan fingerprint density at radius 3 is 2.80 bits per heavy atom. The first-order chi connectivity index (χ1) is 11.9. The fraction of sp³-hybridized carbons (Fsp3) is 0.529. The van der Waals surface area contributed by atoms with Crippen molar-refractivity contribution in [2.24, 2.45) is 5.92 Å². The number of aromatic nitrogens is 5. The largest absolute Gasteiger partial charge is 0.370 e. The van der Waals surface area contributed by atoms with Crippen LogP contribution in [0.3, 0.4) is 0 Å². The maximum atomic E-state index is 5.73. The maximum absolute atomic E-state index is 5.73. The van der Waals surface area contributed by atoms with Crippen LogP contribution in [-0.4, -0.2) is 38.7 Å². The molecular weight excluding hydrogens is 320 g/mol. The van der Waals surface area contributed by atoms with Gasteiger partial charge in [0.2, 0.25) is 5.89 Å². The highest BCUT2D eigenvalue weighted by molar-refractivity contribution is 5.87. The lowest BCUT2D eigenvalue weighted by Crippen LogP contribution is -2.19. The molecule has 0 bridgehead atoms. The van der Waals surface area contributed by atoms with Crippen LogP contribution in [0.2, 0.25) is 0 Å². The molecule has 8 heteroatoms. The van der Waals surface area contributed by atoms with Crippen LogP contribution in [0.4, 0.5) is 5.82 Å². The highest BCUT2D eigenvalue weighted by Crippen LogP contribution is 2.23. The number of fused-ring (bicyclic) bond motifs is 1. The molecule has 0 radical (unpaired) electrons. The van der Waals surface area contributed by atoms with Crippen molar-refractivity contribution in [3.8, 4) is 0 Å². The molecule has 3 heterocycles. The standard InChI is InChI=1S/C17H24N6O2/c1-10(2)9-24-11(3)15-21-14(25-22-15)8-23(5)17-13-6-7-18-16(13)19-12(4)20-17/h6-7,10-11H,8-9H2,1-5H3,(H,18,19,20)/t11-/m0/s1. The SMILES string of the molecule is Cc1nc(N(C)Cc2nc([C@H](C)OCC(C)C)no2)c2cc[nH]c2n1. The summed E-state index contributed by atoms with van der Waals surface area (Å²) in [5.74, 6) is 3.09. The van der Waals surface area contributed by atoms with Crippen molar-refractivity contribution in [3.05, 3.63) is 29.8 Å². The molecule has 0 spiro atoms. The topological polar surface area (TPSA) is 93.0 Å². The number of anilines is 1. The second-order valence-electron chi connectivity index (χ2n) is 6.61. The molecule has 0 saturated heterocycles. The van der Waals surface area contributed by atoms with E-state index in [0.717, 1.165) is 16.9 Å². The summed E-state index contributed by atoms with van der Waals surface area (Å²) in [5.41, 5.74) is 0.816. The minimum atomic E-state index is -0.192. The molecule has 3 aromatic rings. The minimum absolute atomic E-state index is 0.192. The van der Waals surface area contributed by atoms with Crippen molar-refractivity contribution in [1.82, 2.24) is 25.1 Å². The minimum Gasteiger partial charge on any atom is -0.370 e. The van der Waals surface area contributed by atoms with Crippen molar-refractivity contribution in [2.45, 2.75) is 40.3 Å². The molecule has 3 rings (SSSR count). The number of nitrogens with one attached hydrogen (secondary N) is 1. The van der Waals surface area contributed by atoms with Gasteiger partial charge in [-0.2, -0.15) is 4.98 Å². The van der Waals surface area contributed by atoms with Crippen LogP contribution in [0.15, 0.2) is 16.8 Å². The quantitative estimate of drug-likeness (QED) is 0.704. The highest BCUT2D eigenvalue weighted by Gasteiger charge is 2.18. The first kappa shape index (κ1) is 17.3. The number of hydrogen-bond donors (Lipinski definition) is 1. The van der Waals surface area contributed by atoms with Crippen molar-refractivity contribution < 1.29 is 9.26 Å². The Balaban J connectivity index is 1.73. The van der Waals surface area contributed by atoms with Crippen LogP contribution in [0.5, 0.6) is 0 Å². The van der Waals surface area contributed by atoms with Gasteiger partial charge >= 0.3 is 0 Å². The molecule has 0 unspecified atom stereocenters. The summed E-state index contributed by atoms with van der Waals surface area (Å²) in [6, 6.07) is 1.96. The van der Waals surface area contributed by atoms with E-state index in [0.29, 0.717) is 36.6 Å². The van der Waals surface area contributed by atoms with Gasteiger partial charge in [0.1, 0.15) is 23.4 Å². The Kier molecular flexibility index (Phi) is 4.98. The molecule has 0 aromatic carbocycles. The smallest absolute Gasteiger partial charge is 0.246 e. The van der Waals surface area contributed by atoms with E-state index in [1.807, 2.05) is 38.1 Å². The van der Waals surface area contributed by atoms with E-state index in [4.69, 9.17) is 9.26 Å². The van der Waals surface area contributed by atoms with Crippen LogP contribution < -0.4 is 4.90 Å². The van der Waals surface area contributed by atoms with E-state index in [1.54, 1.807) is 0 Å². The van der Waals surface area contributed by atoms with Gasteiger partial charge in [-0.15, -0.1) is 0 Å². The Labute approximate surface area is 146 Å². The molecule has 0 amide bonds. The number of hydrogen-bond acceptors (Lipinski definition) is 7. The summed E-state index contributed by atoms with van der Waals surface area (Å²) in [5, 5.41) is 4.99. The van der Waals surface area contributed by atoms with Crippen LogP contribution >= 0.6 is 0 Å². The second kappa shape index (κ2) is 7.18. The number of ether oxygens (including phenoxy) is 1. The van der Waals surface area contributed by atoms with E-state index in [1.165, 1.54) is 0 Å². The van der Waals surface area contributed by atoms with Crippen LogP contribution in [0.25, 0.3) is 11.0 Å². The van der Waals surface area contributed by atoms with Crippen molar-refractivity contribution in [3.63, 3.8) is 0 Å². The monoisotopic (exact) mass is 344 g/mol. The van der Waals surface area contributed by atoms with Crippen molar-refractivity contribution in [2.75, 3.05) is 18.6 Å². The molecule has 0 aliphatic rings. The predicted molar refractivity (Wildman–Crippen MR) is 94.2 cm³/mol. The lowest BCUT2D eigenvalue weighted by molar-refractivity contribution is 0.0402. The Morgan fingerprint density at radius 2 is 2.04 bits per heavy atom. The first-order valence-electron chi connectivity index (χ1n) is 8.41. The predicted octanol–water partition coefficient (Wildman–Crippen LogP) is 3.02. The average Bonchev–Trinajstić information content (AvgIpc) is 3.20. The van der Waals surface area contributed by atoms with Crippen LogP contribution in [0, 0.1) is 12.8 Å². The average molecular weight is 344 g/mol. The molecule has 8 nitrogen and oxygen atoms in total. The van der Waals surface area contributed by atoms with Gasteiger partial charge in [0.25, 0.3) is 0 Å². The number of nitrogens with zero attached hydrogens (tertiary/aromatic N) is 5. The zero-order valence-corrected chi connectivity index (χ0v) is 15.3. The third-order valence-corrected chi connectivity index (χ3v) is 3.77. The molecule has 25 heavy (non-hydrogen) atoms. The van der Waals surface area contributed by atoms with Gasteiger partial charge in [-0.05, 0) is 25.8 Å². The summed E-state index contributed by atoms with van der Waals surface area (Å²) >= 11 is 0. The highest BCUT2D eigenvalue weighted by atomic mass is 16.5. The maximum Gasteiger partial charge on any atom is 0.246 e. The van der Waals surface area contributed by atoms with Crippen LogP contribution in [-0.2, 0) is 11.3 Å². The number of H-pyrrole nitrogens is 1. The number of rotatable bonds is 7. The van der Waals surface area contributed by atoms with Gasteiger partial charge in [0.15, 0.2) is 5.82 Å². The summed E-state index contributed by atoms with van der Waals surface area (Å²) in [6.45, 7) is 9.13. The lowest BCUT2D eigenvalue weighted by Gasteiger charge is -2.17. The Morgan fingerprint density at radius 1 is 1.24 bits per heavy atom. The molecule has 0 saturated carbocycles. The van der Waals surface area contributed by atoms with Gasteiger partial charge in [-0.3, -0.25) is 0 Å². The summed E-state index contributed by atoms with van der Waals surface area (Å²) in [4.78, 5) is 18.5. The third-order valence-electron chi connectivity index (χ3n) is 3.77. The molecule has 3 aromatic heterocycles. The Hall–Kier alpha value is -2.48. The zero-order chi connectivity index (χ0) is 18.0. The van der Waals surface area contributed by atoms with Gasteiger partial charge in [-0.25, -0.2) is 9.97 Å². The molecule has 134 valence electrons. The molecule has 1 atom stereocenters. The van der Waals surface area contributed by atoms with E-state index >= 15 is 0 Å². The zero-order valence-electron chi connectivity index (χ0n) is 15.3. The molecular formula is C17H24N6O2. The fourth-order valence-corrected chi connectivity index (χ4v) is 2.51. The van der Waals surface area contributed by atoms with E-state index in [9.17, 15) is 0 Å². The van der Waals surface area contributed by atoms with E-state index in [2.05, 4.69) is 38.9 Å². The lowest BCUT2D eigenvalue weighted by atomic mass is 10.2. The van der Waals surface area contributed by atoms with Gasteiger partial charge in [0, 0.05) is 19.9 Å². The van der Waals surface area contributed by atoms with E-state index in [-0.39, 0.29) is 6.10 Å². The van der Waals surface area contributed by atoms with Crippen molar-refractivity contribution >= 4 is 16.9 Å². The van der Waals surface area contributed by atoms with Gasteiger partial charge in [-0.1, -0.05) is 19.0 Å². The normalized spacial score (nSPS) is 12.9. The number of aromatic amines is 1. The first-order valence-corrected chi connectivity index (χ1v) is 8.41. The number of aryl methyl sites for hydroxylation is 1. The third kappa shape index (κ3) is 3.96. The Bertz CT molecular complexity index is 841. The fourth-order valence-electron chi connectivity index (χ4n) is 2.51. The molecule has 0 fully saturated rings. The van der Waals surface area contributed by atoms with E-state index < -0.39 is 0 Å². The van der Waals surface area contributed by atoms with Gasteiger partial charge in [0.05, 0.1) is 11.9 Å². The summed E-state index contributed by atoms with van der Waals surface area (Å²) < 4.78 is 11.1. The van der Waals surface area contributed by atoms with Gasteiger partial charge < -0.3 is 19.1 Å². The molecule has 0 aliphatic heterocycles.